The fraction of sp³-hybridized carbons (Fsp3) is 0.444. The summed E-state index contributed by atoms with van der Waals surface area (Å²) in [6, 6.07) is 0. The van der Waals surface area contributed by atoms with Crippen LogP contribution >= 0.6 is 0 Å². The summed E-state index contributed by atoms with van der Waals surface area (Å²) in [6.07, 6.45) is 3.36. The standard InChI is InChI=1S/C9H14N4/c1-7-6-11-13(4)9(3)12-8(2)5-10-7/h5-6,9H,1H2,2-4H3/b10-5?,11-6-,12-8?. The van der Waals surface area contributed by atoms with Crippen molar-refractivity contribution in [3.05, 3.63) is 12.3 Å². The van der Waals surface area contributed by atoms with Crippen LogP contribution in [0, 0.1) is 0 Å². The van der Waals surface area contributed by atoms with Crippen LogP contribution in [0.25, 0.3) is 0 Å². The molecule has 0 N–H and O–H groups in total. The number of allylic oxidation sites excluding steroid dienone is 1. The van der Waals surface area contributed by atoms with Gasteiger partial charge >= 0.3 is 0 Å². The van der Waals surface area contributed by atoms with Gasteiger partial charge in [-0.15, -0.1) is 0 Å². The molecule has 0 spiro atoms. The van der Waals surface area contributed by atoms with Crippen molar-refractivity contribution in [2.24, 2.45) is 15.1 Å². The van der Waals surface area contributed by atoms with Gasteiger partial charge in [-0.1, -0.05) is 6.58 Å². The molecular weight excluding hydrogens is 164 g/mol. The second kappa shape index (κ2) is 3.98. The Kier molecular flexibility index (Phi) is 2.95. The van der Waals surface area contributed by atoms with Gasteiger partial charge < -0.3 is 0 Å². The van der Waals surface area contributed by atoms with Crippen molar-refractivity contribution in [1.82, 2.24) is 5.01 Å². The van der Waals surface area contributed by atoms with Crippen molar-refractivity contribution in [2.45, 2.75) is 20.0 Å². The van der Waals surface area contributed by atoms with E-state index in [9.17, 15) is 0 Å². The molecule has 0 aromatic carbocycles. The van der Waals surface area contributed by atoms with Crippen LogP contribution in [0.2, 0.25) is 0 Å². The Balaban J connectivity index is 2.94. The van der Waals surface area contributed by atoms with Crippen molar-refractivity contribution in [3.63, 3.8) is 0 Å². The Morgan fingerprint density at radius 3 is 2.85 bits per heavy atom. The third-order valence-corrected chi connectivity index (χ3v) is 1.74. The minimum Gasteiger partial charge on any atom is -0.276 e. The maximum absolute atomic E-state index is 4.35. The summed E-state index contributed by atoms with van der Waals surface area (Å²) in [4.78, 5) is 8.42. The number of aliphatic imine (C=N–C) groups is 2. The van der Waals surface area contributed by atoms with E-state index in [1.54, 1.807) is 17.4 Å². The monoisotopic (exact) mass is 178 g/mol. The van der Waals surface area contributed by atoms with Crippen LogP contribution in [0.15, 0.2) is 27.4 Å². The second-order valence-corrected chi connectivity index (χ2v) is 2.97. The lowest BCUT2D eigenvalue weighted by molar-refractivity contribution is 0.281. The first-order valence-corrected chi connectivity index (χ1v) is 4.14. The van der Waals surface area contributed by atoms with E-state index in [-0.39, 0.29) is 6.17 Å². The fourth-order valence-corrected chi connectivity index (χ4v) is 0.875. The predicted octanol–water partition coefficient (Wildman–Crippen LogP) is 1.31. The molecule has 0 aromatic rings. The molecule has 1 rings (SSSR count). The van der Waals surface area contributed by atoms with Crippen molar-refractivity contribution in [2.75, 3.05) is 7.05 Å². The van der Waals surface area contributed by atoms with E-state index in [1.165, 1.54) is 0 Å². The average molecular weight is 178 g/mol. The fourth-order valence-electron chi connectivity index (χ4n) is 0.875. The molecule has 0 saturated heterocycles. The number of hydrogen-bond donors (Lipinski definition) is 0. The second-order valence-electron chi connectivity index (χ2n) is 2.97. The van der Waals surface area contributed by atoms with Crippen molar-refractivity contribution in [1.29, 1.82) is 0 Å². The van der Waals surface area contributed by atoms with Crippen LogP contribution in [-0.4, -0.2) is 36.4 Å². The summed E-state index contributed by atoms with van der Waals surface area (Å²) in [6.45, 7) is 7.61. The third kappa shape index (κ3) is 2.82. The highest BCUT2D eigenvalue weighted by Crippen LogP contribution is 2.01. The van der Waals surface area contributed by atoms with E-state index in [1.807, 2.05) is 20.9 Å². The molecule has 4 nitrogen and oxygen atoms in total. The Bertz CT molecular complexity index is 288. The van der Waals surface area contributed by atoms with Crippen LogP contribution in [0.3, 0.4) is 0 Å². The molecule has 1 aliphatic heterocycles. The molecule has 1 heterocycles. The van der Waals surface area contributed by atoms with Gasteiger partial charge in [-0.25, -0.2) is 0 Å². The highest BCUT2D eigenvalue weighted by Gasteiger charge is 2.04. The van der Waals surface area contributed by atoms with Crippen molar-refractivity contribution in [3.8, 4) is 0 Å². The zero-order valence-electron chi connectivity index (χ0n) is 8.23. The van der Waals surface area contributed by atoms with Gasteiger partial charge in [0.2, 0.25) is 0 Å². The molecular formula is C9H14N4. The highest BCUT2D eigenvalue weighted by atomic mass is 15.5. The van der Waals surface area contributed by atoms with Crippen LogP contribution in [0.4, 0.5) is 0 Å². The molecule has 13 heavy (non-hydrogen) atoms. The average Bonchev–Trinajstić information content (AvgIpc) is 2.13. The lowest BCUT2D eigenvalue weighted by atomic mass is 10.4. The zero-order chi connectivity index (χ0) is 9.84. The van der Waals surface area contributed by atoms with Crippen molar-refractivity contribution >= 4 is 18.1 Å². The Hall–Kier alpha value is -1.45. The molecule has 0 saturated carbocycles. The third-order valence-electron chi connectivity index (χ3n) is 1.74. The quantitative estimate of drug-likeness (QED) is 0.551. The molecule has 0 radical (unpaired) electrons. The zero-order valence-corrected chi connectivity index (χ0v) is 8.23. The minimum atomic E-state index is 0.0357. The van der Waals surface area contributed by atoms with Crippen LogP contribution < -0.4 is 0 Å². The van der Waals surface area contributed by atoms with Crippen LogP contribution in [0.5, 0.6) is 0 Å². The minimum absolute atomic E-state index is 0.0357. The van der Waals surface area contributed by atoms with Gasteiger partial charge in [-0.05, 0) is 13.8 Å². The van der Waals surface area contributed by atoms with E-state index in [2.05, 4.69) is 21.7 Å². The summed E-state index contributed by atoms with van der Waals surface area (Å²) in [5.74, 6) is 0. The number of hydrazone groups is 1. The van der Waals surface area contributed by atoms with Gasteiger partial charge in [0.05, 0.1) is 17.6 Å². The van der Waals surface area contributed by atoms with Gasteiger partial charge in [0.25, 0.3) is 0 Å². The predicted molar refractivity (Wildman–Crippen MR) is 56.5 cm³/mol. The molecule has 0 aromatic heterocycles. The van der Waals surface area contributed by atoms with E-state index in [0.29, 0.717) is 5.70 Å². The normalized spacial score (nSPS) is 26.1. The first-order chi connectivity index (χ1) is 6.09. The largest absolute Gasteiger partial charge is 0.276 e. The summed E-state index contributed by atoms with van der Waals surface area (Å²) >= 11 is 0. The molecule has 1 atom stereocenters. The molecule has 0 amide bonds. The molecule has 4 heteroatoms. The summed E-state index contributed by atoms with van der Waals surface area (Å²) in [7, 11) is 1.87. The molecule has 70 valence electrons. The van der Waals surface area contributed by atoms with E-state index in [4.69, 9.17) is 0 Å². The SMILES string of the molecule is C=C1/C=N\N(C)C(C)N=C(C)C=N1. The van der Waals surface area contributed by atoms with E-state index < -0.39 is 0 Å². The molecule has 0 bridgehead atoms. The van der Waals surface area contributed by atoms with Crippen molar-refractivity contribution < 1.29 is 0 Å². The van der Waals surface area contributed by atoms with Crippen LogP contribution in [0.1, 0.15) is 13.8 Å². The molecule has 1 aliphatic rings. The number of nitrogens with zero attached hydrogens (tertiary/aromatic N) is 4. The summed E-state index contributed by atoms with van der Waals surface area (Å²) in [5, 5.41) is 5.90. The van der Waals surface area contributed by atoms with E-state index >= 15 is 0 Å². The summed E-state index contributed by atoms with van der Waals surface area (Å²) in [5.41, 5.74) is 1.52. The number of rotatable bonds is 0. The molecule has 0 fully saturated rings. The Labute approximate surface area is 78.4 Å². The summed E-state index contributed by atoms with van der Waals surface area (Å²) < 4.78 is 0. The van der Waals surface area contributed by atoms with Gasteiger partial charge in [0.1, 0.15) is 6.17 Å². The lowest BCUT2D eigenvalue weighted by Gasteiger charge is -2.17. The van der Waals surface area contributed by atoms with Gasteiger partial charge in [-0.2, -0.15) is 5.10 Å². The van der Waals surface area contributed by atoms with Gasteiger partial charge in [-0.3, -0.25) is 15.0 Å². The number of hydrogen-bond acceptors (Lipinski definition) is 4. The topological polar surface area (TPSA) is 40.3 Å². The first kappa shape index (κ1) is 9.64. The lowest BCUT2D eigenvalue weighted by Crippen LogP contribution is -2.22. The first-order valence-electron chi connectivity index (χ1n) is 4.14. The van der Waals surface area contributed by atoms with Gasteiger partial charge in [0.15, 0.2) is 0 Å². The van der Waals surface area contributed by atoms with E-state index in [0.717, 1.165) is 5.71 Å². The Morgan fingerprint density at radius 2 is 2.15 bits per heavy atom. The molecule has 0 aliphatic carbocycles. The molecule has 1 unspecified atom stereocenters. The van der Waals surface area contributed by atoms with Crippen LogP contribution in [-0.2, 0) is 0 Å². The highest BCUT2D eigenvalue weighted by molar-refractivity contribution is 6.30. The smallest absolute Gasteiger partial charge is 0.134 e. The maximum atomic E-state index is 4.35. The Morgan fingerprint density at radius 1 is 1.46 bits per heavy atom. The van der Waals surface area contributed by atoms with Gasteiger partial charge in [0, 0.05) is 13.3 Å². The maximum Gasteiger partial charge on any atom is 0.134 e.